The first-order valence-corrected chi connectivity index (χ1v) is 4.08. The van der Waals surface area contributed by atoms with Gasteiger partial charge in [0.1, 0.15) is 11.6 Å². The zero-order chi connectivity index (χ0) is 8.39. The van der Waals surface area contributed by atoms with E-state index in [1.807, 2.05) is 0 Å². The number of cyclic esters (lactones) is 2. The third-order valence-corrected chi connectivity index (χ3v) is 2.14. The van der Waals surface area contributed by atoms with E-state index >= 15 is 0 Å². The van der Waals surface area contributed by atoms with E-state index in [1.54, 1.807) is 6.20 Å². The van der Waals surface area contributed by atoms with Gasteiger partial charge in [0.2, 0.25) is 0 Å². The lowest BCUT2D eigenvalue weighted by molar-refractivity contribution is 0.129. The summed E-state index contributed by atoms with van der Waals surface area (Å²) in [5, 5.41) is 10.5. The number of ether oxygens (including phenoxy) is 2. The number of aromatic amines is 1. The number of H-pyrrole nitrogens is 1. The van der Waals surface area contributed by atoms with Gasteiger partial charge in [-0.2, -0.15) is 10.3 Å². The highest BCUT2D eigenvalue weighted by molar-refractivity contribution is 7.99. The molecule has 1 aliphatic rings. The molecule has 2 heterocycles. The van der Waals surface area contributed by atoms with E-state index in [1.165, 1.54) is 11.8 Å². The summed E-state index contributed by atoms with van der Waals surface area (Å²) in [4.78, 5) is 10.5. The molecule has 64 valence electrons. The van der Waals surface area contributed by atoms with Crippen molar-refractivity contribution >= 4 is 17.9 Å². The lowest BCUT2D eigenvalue weighted by atomic mass is 10.8. The summed E-state index contributed by atoms with van der Waals surface area (Å²) in [6.07, 6.45) is 0.924. The van der Waals surface area contributed by atoms with Gasteiger partial charge in [0.05, 0.1) is 6.20 Å². The lowest BCUT2D eigenvalue weighted by Gasteiger charge is -2.00. The molecule has 1 unspecified atom stereocenters. The van der Waals surface area contributed by atoms with Crippen LogP contribution in [-0.2, 0) is 9.47 Å². The smallest absolute Gasteiger partial charge is 0.429 e. The van der Waals surface area contributed by atoms with Gasteiger partial charge >= 0.3 is 6.16 Å². The third-order valence-electron chi connectivity index (χ3n) is 1.21. The fourth-order valence-corrected chi connectivity index (χ4v) is 1.49. The van der Waals surface area contributed by atoms with Crippen molar-refractivity contribution in [1.82, 2.24) is 15.4 Å². The molecule has 1 N–H and O–H groups in total. The van der Waals surface area contributed by atoms with Gasteiger partial charge in [-0.05, 0) is 0 Å². The molecule has 0 spiro atoms. The third kappa shape index (κ3) is 1.50. The van der Waals surface area contributed by atoms with E-state index in [2.05, 4.69) is 20.1 Å². The summed E-state index contributed by atoms with van der Waals surface area (Å²) < 4.78 is 9.33. The Morgan fingerprint density at radius 2 is 2.67 bits per heavy atom. The van der Waals surface area contributed by atoms with Crippen LogP contribution in [0, 0.1) is 0 Å². The Morgan fingerprint density at radius 3 is 3.25 bits per heavy atom. The van der Waals surface area contributed by atoms with Crippen molar-refractivity contribution in [1.29, 1.82) is 0 Å². The van der Waals surface area contributed by atoms with Crippen LogP contribution in [0.5, 0.6) is 0 Å². The number of nitrogens with one attached hydrogen (secondary N) is 1. The lowest BCUT2D eigenvalue weighted by Crippen LogP contribution is -2.03. The highest BCUT2D eigenvalue weighted by Crippen LogP contribution is 2.24. The fourth-order valence-electron chi connectivity index (χ4n) is 0.752. The quantitative estimate of drug-likeness (QED) is 0.675. The van der Waals surface area contributed by atoms with Gasteiger partial charge < -0.3 is 9.47 Å². The van der Waals surface area contributed by atoms with E-state index in [0.717, 1.165) is 0 Å². The van der Waals surface area contributed by atoms with Crippen LogP contribution < -0.4 is 0 Å². The Kier molecular flexibility index (Phi) is 1.86. The maximum absolute atomic E-state index is 10.5. The molecule has 7 heteroatoms. The Morgan fingerprint density at radius 1 is 1.75 bits per heavy atom. The molecule has 0 saturated carbocycles. The molecule has 0 aromatic carbocycles. The molecule has 12 heavy (non-hydrogen) atoms. The molecule has 1 fully saturated rings. The van der Waals surface area contributed by atoms with Crippen LogP contribution in [0.1, 0.15) is 0 Å². The molecule has 0 aliphatic carbocycles. The van der Waals surface area contributed by atoms with Crippen LogP contribution in [0.15, 0.2) is 11.2 Å². The van der Waals surface area contributed by atoms with Crippen LogP contribution in [0.25, 0.3) is 0 Å². The summed E-state index contributed by atoms with van der Waals surface area (Å²) in [5.74, 6) is 0. The maximum atomic E-state index is 10.5. The van der Waals surface area contributed by atoms with Crippen LogP contribution in [0.4, 0.5) is 4.79 Å². The van der Waals surface area contributed by atoms with Crippen molar-refractivity contribution in [2.24, 2.45) is 0 Å². The summed E-state index contributed by atoms with van der Waals surface area (Å²) in [5.41, 5.74) is -0.303. The zero-order valence-electron chi connectivity index (χ0n) is 5.89. The molecule has 1 atom stereocenters. The van der Waals surface area contributed by atoms with E-state index in [9.17, 15) is 4.79 Å². The van der Waals surface area contributed by atoms with Gasteiger partial charge in [0.15, 0.2) is 5.44 Å². The SMILES string of the molecule is O=C1OCC(Sc2cn[nH]n2)O1. The Bertz CT molecular complexity index is 275. The number of nitrogens with zero attached hydrogens (tertiary/aromatic N) is 2. The number of rotatable bonds is 2. The number of hydrogen-bond acceptors (Lipinski definition) is 6. The van der Waals surface area contributed by atoms with Gasteiger partial charge in [0.25, 0.3) is 0 Å². The minimum Gasteiger partial charge on any atom is -0.429 e. The van der Waals surface area contributed by atoms with Crippen LogP contribution >= 0.6 is 11.8 Å². The van der Waals surface area contributed by atoms with Gasteiger partial charge in [-0.15, -0.1) is 5.10 Å². The van der Waals surface area contributed by atoms with E-state index in [0.29, 0.717) is 5.03 Å². The molecule has 1 aliphatic heterocycles. The van der Waals surface area contributed by atoms with Gasteiger partial charge in [-0.1, -0.05) is 11.8 Å². The molecule has 0 bridgehead atoms. The molecular formula is C5H5N3O3S. The highest BCUT2D eigenvalue weighted by Gasteiger charge is 2.26. The molecule has 6 nitrogen and oxygen atoms in total. The van der Waals surface area contributed by atoms with Crippen LogP contribution in [0.2, 0.25) is 0 Å². The first-order chi connectivity index (χ1) is 5.84. The normalized spacial score (nSPS) is 22.0. The average molecular weight is 187 g/mol. The molecule has 2 rings (SSSR count). The summed E-state index contributed by atoms with van der Waals surface area (Å²) in [6, 6.07) is 0. The topological polar surface area (TPSA) is 77.1 Å². The van der Waals surface area contributed by atoms with Gasteiger partial charge in [-0.3, -0.25) is 0 Å². The Balaban J connectivity index is 1.92. The second kappa shape index (κ2) is 3.02. The van der Waals surface area contributed by atoms with Crippen molar-refractivity contribution < 1.29 is 14.3 Å². The van der Waals surface area contributed by atoms with Crippen LogP contribution in [0.3, 0.4) is 0 Å². The Labute approximate surface area is 71.6 Å². The number of carbonyl (C=O) groups is 1. The minimum atomic E-state index is -0.629. The number of hydrogen-bond donors (Lipinski definition) is 1. The zero-order valence-corrected chi connectivity index (χ0v) is 6.71. The van der Waals surface area contributed by atoms with Gasteiger partial charge in [0, 0.05) is 0 Å². The standard InChI is InChI=1S/C5H5N3O3S/c9-5-10-2-4(11-5)12-3-1-6-8-7-3/h1,4H,2H2,(H,6,7,8). The second-order valence-corrected chi connectivity index (χ2v) is 3.21. The maximum Gasteiger partial charge on any atom is 0.509 e. The number of carbonyl (C=O) groups excluding carboxylic acids is 1. The Hall–Kier alpha value is -1.24. The second-order valence-electron chi connectivity index (χ2n) is 2.03. The molecule has 0 radical (unpaired) electrons. The predicted octanol–water partition coefficient (Wildman–Crippen LogP) is 0.390. The van der Waals surface area contributed by atoms with Crippen LogP contribution in [-0.4, -0.2) is 33.6 Å². The fraction of sp³-hybridized carbons (Fsp3) is 0.400. The summed E-state index contributed by atoms with van der Waals surface area (Å²) in [6.45, 7) is 0.260. The highest BCUT2D eigenvalue weighted by atomic mass is 32.2. The molecular weight excluding hydrogens is 182 g/mol. The molecule has 1 saturated heterocycles. The van der Waals surface area contributed by atoms with E-state index in [-0.39, 0.29) is 12.0 Å². The summed E-state index contributed by atoms with van der Waals surface area (Å²) in [7, 11) is 0. The van der Waals surface area contributed by atoms with Gasteiger partial charge in [-0.25, -0.2) is 4.79 Å². The number of aromatic nitrogens is 3. The predicted molar refractivity (Wildman–Crippen MR) is 38.5 cm³/mol. The van der Waals surface area contributed by atoms with Crippen molar-refractivity contribution in [3.05, 3.63) is 6.20 Å². The first kappa shape index (κ1) is 7.41. The van der Waals surface area contributed by atoms with Crippen molar-refractivity contribution in [2.75, 3.05) is 6.61 Å². The average Bonchev–Trinajstić information content (AvgIpc) is 2.63. The molecule has 0 amide bonds. The number of thioether (sulfide) groups is 1. The minimum absolute atomic E-state index is 0.260. The molecule has 1 aromatic rings. The van der Waals surface area contributed by atoms with Crippen molar-refractivity contribution in [3.8, 4) is 0 Å². The molecule has 1 aromatic heterocycles. The van der Waals surface area contributed by atoms with E-state index in [4.69, 9.17) is 4.74 Å². The largest absolute Gasteiger partial charge is 0.509 e. The van der Waals surface area contributed by atoms with Crippen molar-refractivity contribution in [2.45, 2.75) is 10.5 Å². The monoisotopic (exact) mass is 187 g/mol. The summed E-state index contributed by atoms with van der Waals surface area (Å²) >= 11 is 1.29. The first-order valence-electron chi connectivity index (χ1n) is 3.20. The van der Waals surface area contributed by atoms with E-state index < -0.39 is 6.16 Å². The van der Waals surface area contributed by atoms with Crippen molar-refractivity contribution in [3.63, 3.8) is 0 Å².